The molecule has 1 aliphatic carbocycles. The van der Waals surface area contributed by atoms with Crippen LogP contribution in [0.5, 0.6) is 0 Å². The van der Waals surface area contributed by atoms with Crippen LogP contribution >= 0.6 is 0 Å². The van der Waals surface area contributed by atoms with Gasteiger partial charge in [0.05, 0.1) is 30.4 Å². The van der Waals surface area contributed by atoms with Crippen molar-refractivity contribution < 1.29 is 17.9 Å². The molecular weight excluding hydrogens is 294 g/mol. The third-order valence-electron chi connectivity index (χ3n) is 3.64. The van der Waals surface area contributed by atoms with Gasteiger partial charge in [0.1, 0.15) is 0 Å². The lowest BCUT2D eigenvalue weighted by Crippen LogP contribution is -2.43. The molecule has 1 aliphatic rings. The van der Waals surface area contributed by atoms with Crippen molar-refractivity contribution in [3.63, 3.8) is 0 Å². The van der Waals surface area contributed by atoms with E-state index in [0.717, 1.165) is 4.31 Å². The zero-order valence-electron chi connectivity index (χ0n) is 12.0. The van der Waals surface area contributed by atoms with Gasteiger partial charge >= 0.3 is 5.97 Å². The van der Waals surface area contributed by atoms with Gasteiger partial charge in [-0.3, -0.25) is 4.79 Å². The molecule has 2 atom stereocenters. The van der Waals surface area contributed by atoms with E-state index >= 15 is 0 Å². The van der Waals surface area contributed by atoms with Crippen molar-refractivity contribution in [2.75, 3.05) is 20.2 Å². The van der Waals surface area contributed by atoms with Crippen LogP contribution in [-0.4, -0.2) is 44.1 Å². The van der Waals surface area contributed by atoms with Gasteiger partial charge in [0.2, 0.25) is 10.0 Å². The quantitative estimate of drug-likeness (QED) is 0.642. The van der Waals surface area contributed by atoms with Crippen molar-refractivity contribution in [3.8, 4) is 12.1 Å². The fourth-order valence-corrected chi connectivity index (χ4v) is 4.81. The van der Waals surface area contributed by atoms with Crippen LogP contribution < -0.4 is 0 Å². The Morgan fingerprint density at radius 3 is 2.29 bits per heavy atom. The van der Waals surface area contributed by atoms with Gasteiger partial charge in [-0.25, -0.2) is 8.42 Å². The molecule has 1 fully saturated rings. The predicted octanol–water partition coefficient (Wildman–Crippen LogP) is 0.787. The molecule has 2 unspecified atom stereocenters. The number of esters is 1. The molecule has 0 amide bonds. The Balaban J connectivity index is 2.96. The lowest BCUT2D eigenvalue weighted by atomic mass is 10.1. The van der Waals surface area contributed by atoms with Gasteiger partial charge in [0, 0.05) is 25.9 Å². The second kappa shape index (κ2) is 7.96. The average molecular weight is 313 g/mol. The van der Waals surface area contributed by atoms with Crippen molar-refractivity contribution in [1.82, 2.24) is 4.31 Å². The molecule has 0 aromatic heterocycles. The molecule has 0 N–H and O–H groups in total. The van der Waals surface area contributed by atoms with E-state index in [4.69, 9.17) is 10.5 Å². The smallest absolute Gasteiger partial charge is 0.310 e. The highest BCUT2D eigenvalue weighted by molar-refractivity contribution is 7.89. The molecule has 0 aromatic carbocycles. The Kier molecular flexibility index (Phi) is 6.60. The molecule has 0 aliphatic heterocycles. The van der Waals surface area contributed by atoms with Crippen LogP contribution in [0, 0.1) is 28.6 Å². The second-order valence-electron chi connectivity index (χ2n) is 4.86. The van der Waals surface area contributed by atoms with Crippen LogP contribution in [-0.2, 0) is 19.6 Å². The maximum absolute atomic E-state index is 12.7. The summed E-state index contributed by atoms with van der Waals surface area (Å²) in [6, 6.07) is 3.80. The van der Waals surface area contributed by atoms with Crippen LogP contribution in [0.1, 0.15) is 32.1 Å². The summed E-state index contributed by atoms with van der Waals surface area (Å²) < 4.78 is 31.2. The topological polar surface area (TPSA) is 111 Å². The van der Waals surface area contributed by atoms with Crippen molar-refractivity contribution in [2.24, 2.45) is 5.92 Å². The first-order valence-electron chi connectivity index (χ1n) is 6.79. The highest BCUT2D eigenvalue weighted by Gasteiger charge is 2.44. The lowest BCUT2D eigenvalue weighted by molar-refractivity contribution is -0.145. The van der Waals surface area contributed by atoms with E-state index in [9.17, 15) is 13.2 Å². The summed E-state index contributed by atoms with van der Waals surface area (Å²) in [6.45, 7) is 0.0931. The van der Waals surface area contributed by atoms with Gasteiger partial charge in [-0.05, 0) is 12.8 Å². The van der Waals surface area contributed by atoms with Crippen LogP contribution in [0.4, 0.5) is 0 Å². The number of hydrogen-bond acceptors (Lipinski definition) is 6. The highest BCUT2D eigenvalue weighted by atomic mass is 32.2. The fourth-order valence-electron chi connectivity index (χ4n) is 2.61. The second-order valence-corrected chi connectivity index (χ2v) is 7.01. The van der Waals surface area contributed by atoms with Crippen molar-refractivity contribution in [2.45, 2.75) is 37.4 Å². The fraction of sp³-hybridized carbons (Fsp3) is 0.769. The molecule has 1 saturated carbocycles. The molecule has 0 aromatic rings. The van der Waals surface area contributed by atoms with Gasteiger partial charge in [-0.1, -0.05) is 6.42 Å². The van der Waals surface area contributed by atoms with Crippen LogP contribution in [0.2, 0.25) is 0 Å². The van der Waals surface area contributed by atoms with Gasteiger partial charge in [-0.15, -0.1) is 0 Å². The van der Waals surface area contributed by atoms with Crippen molar-refractivity contribution in [3.05, 3.63) is 0 Å². The summed E-state index contributed by atoms with van der Waals surface area (Å²) in [4.78, 5) is 11.7. The molecule has 21 heavy (non-hydrogen) atoms. The summed E-state index contributed by atoms with van der Waals surface area (Å²) >= 11 is 0. The number of ether oxygens (including phenoxy) is 1. The largest absolute Gasteiger partial charge is 0.469 e. The standard InChI is InChI=1S/C13H19N3O4S/c1-20-13(17)11-5-2-6-12(11)21(18,19)16(9-3-7-14)10-4-8-15/h11-12H,2-6,9-10H2,1H3. The Labute approximate surface area is 125 Å². The molecule has 0 radical (unpaired) electrons. The third-order valence-corrected chi connectivity index (χ3v) is 6.06. The van der Waals surface area contributed by atoms with Crippen molar-refractivity contribution >= 4 is 16.0 Å². The number of hydrogen-bond donors (Lipinski definition) is 0. The molecule has 7 nitrogen and oxygen atoms in total. The molecule has 0 saturated heterocycles. The highest BCUT2D eigenvalue weighted by Crippen LogP contribution is 2.33. The van der Waals surface area contributed by atoms with E-state index in [1.165, 1.54) is 7.11 Å². The predicted molar refractivity (Wildman–Crippen MR) is 74.1 cm³/mol. The van der Waals surface area contributed by atoms with E-state index in [1.54, 1.807) is 0 Å². The zero-order valence-corrected chi connectivity index (χ0v) is 12.8. The molecule has 116 valence electrons. The van der Waals surface area contributed by atoms with E-state index in [1.807, 2.05) is 12.1 Å². The molecule has 8 heteroatoms. The Bertz CT molecular complexity index is 529. The van der Waals surface area contributed by atoms with Crippen LogP contribution in [0.25, 0.3) is 0 Å². The Morgan fingerprint density at radius 1 is 1.24 bits per heavy atom. The minimum atomic E-state index is -3.72. The van der Waals surface area contributed by atoms with E-state index in [-0.39, 0.29) is 25.9 Å². The molecular formula is C13H19N3O4S. The first kappa shape index (κ1) is 17.4. The van der Waals surface area contributed by atoms with Gasteiger partial charge < -0.3 is 4.74 Å². The number of sulfonamides is 1. The summed E-state index contributed by atoms with van der Waals surface area (Å²) in [5.41, 5.74) is 0. The monoisotopic (exact) mass is 313 g/mol. The number of carbonyl (C=O) groups excluding carboxylic acids is 1. The lowest BCUT2D eigenvalue weighted by Gasteiger charge is -2.26. The minimum absolute atomic E-state index is 0.0465. The molecule has 0 bridgehead atoms. The Morgan fingerprint density at radius 2 is 1.81 bits per heavy atom. The Hall–Kier alpha value is -1.64. The number of nitrogens with zero attached hydrogens (tertiary/aromatic N) is 3. The normalized spacial score (nSPS) is 21.7. The maximum Gasteiger partial charge on any atom is 0.310 e. The third kappa shape index (κ3) is 4.16. The minimum Gasteiger partial charge on any atom is -0.469 e. The van der Waals surface area contributed by atoms with Crippen LogP contribution in [0.3, 0.4) is 0 Å². The SMILES string of the molecule is COC(=O)C1CCCC1S(=O)(=O)N(CCC#N)CCC#N. The number of nitriles is 2. The van der Waals surface area contributed by atoms with Gasteiger partial charge in [-0.2, -0.15) is 14.8 Å². The van der Waals surface area contributed by atoms with Gasteiger partial charge in [0.15, 0.2) is 0 Å². The summed E-state index contributed by atoms with van der Waals surface area (Å²) in [5.74, 6) is -1.17. The van der Waals surface area contributed by atoms with E-state index in [2.05, 4.69) is 4.74 Å². The summed E-state index contributed by atoms with van der Waals surface area (Å²) in [7, 11) is -2.48. The summed E-state index contributed by atoms with van der Waals surface area (Å²) in [6.07, 6.45) is 1.65. The van der Waals surface area contributed by atoms with Gasteiger partial charge in [0.25, 0.3) is 0 Å². The molecule has 1 rings (SSSR count). The molecule has 0 heterocycles. The maximum atomic E-state index is 12.7. The van der Waals surface area contributed by atoms with Crippen LogP contribution in [0.15, 0.2) is 0 Å². The van der Waals surface area contributed by atoms with E-state index in [0.29, 0.717) is 19.3 Å². The first-order chi connectivity index (χ1) is 9.98. The van der Waals surface area contributed by atoms with E-state index < -0.39 is 27.2 Å². The number of methoxy groups -OCH3 is 1. The number of rotatable bonds is 7. The van der Waals surface area contributed by atoms with Crippen molar-refractivity contribution in [1.29, 1.82) is 10.5 Å². The summed E-state index contributed by atoms with van der Waals surface area (Å²) in [5, 5.41) is 16.5. The zero-order chi connectivity index (χ0) is 15.9. The number of carbonyl (C=O) groups is 1. The first-order valence-corrected chi connectivity index (χ1v) is 8.30. The average Bonchev–Trinajstić information content (AvgIpc) is 2.96. The molecule has 0 spiro atoms.